The molecule has 1 saturated heterocycles. The fraction of sp³-hybridized carbons (Fsp3) is 0.857. The molecular weight excluding hydrogens is 238 g/mol. The summed E-state index contributed by atoms with van der Waals surface area (Å²) in [6, 6.07) is 0.185. The highest BCUT2D eigenvalue weighted by Crippen LogP contribution is 2.40. The first-order valence-corrected chi connectivity index (χ1v) is 7.56. The van der Waals surface area contributed by atoms with Crippen molar-refractivity contribution >= 4 is 0 Å². The van der Waals surface area contributed by atoms with E-state index in [4.69, 9.17) is 5.73 Å². The van der Waals surface area contributed by atoms with Crippen LogP contribution in [0.3, 0.4) is 0 Å². The third-order valence-electron chi connectivity index (χ3n) is 4.97. The molecule has 2 aliphatic rings. The molecule has 2 heterocycles. The van der Waals surface area contributed by atoms with E-state index in [-0.39, 0.29) is 11.6 Å². The topological polar surface area (TPSA) is 60.0 Å². The Morgan fingerprint density at radius 1 is 1.26 bits per heavy atom. The van der Waals surface area contributed by atoms with E-state index in [2.05, 4.69) is 15.2 Å². The molecule has 3 rings (SSSR count). The Balaban J connectivity index is 1.75. The van der Waals surface area contributed by atoms with Crippen LogP contribution in [0.15, 0.2) is 6.20 Å². The number of rotatable bonds is 4. The maximum Gasteiger partial charge on any atom is 0.0843 e. The van der Waals surface area contributed by atoms with Gasteiger partial charge in [-0.15, -0.1) is 5.10 Å². The maximum absolute atomic E-state index is 6.62. The van der Waals surface area contributed by atoms with E-state index in [0.717, 1.165) is 12.1 Å². The van der Waals surface area contributed by atoms with Crippen LogP contribution in [0.25, 0.3) is 0 Å². The van der Waals surface area contributed by atoms with Crippen molar-refractivity contribution in [2.24, 2.45) is 12.8 Å². The highest BCUT2D eigenvalue weighted by Gasteiger charge is 2.45. The Kier molecular flexibility index (Phi) is 3.58. The molecule has 5 nitrogen and oxygen atoms in total. The highest BCUT2D eigenvalue weighted by molar-refractivity contribution is 5.08. The summed E-state index contributed by atoms with van der Waals surface area (Å²) in [5.41, 5.74) is 7.87. The third-order valence-corrected chi connectivity index (χ3v) is 4.97. The number of nitrogens with two attached hydrogens (primary N) is 1. The van der Waals surface area contributed by atoms with Crippen molar-refractivity contribution in [3.05, 3.63) is 11.9 Å². The molecule has 0 aromatic carbocycles. The minimum Gasteiger partial charge on any atom is -0.326 e. The molecular formula is C14H25N5. The lowest BCUT2D eigenvalue weighted by atomic mass is 9.84. The number of hydrogen-bond acceptors (Lipinski definition) is 4. The molecule has 1 aliphatic carbocycles. The third kappa shape index (κ3) is 2.41. The van der Waals surface area contributed by atoms with Crippen molar-refractivity contribution in [1.29, 1.82) is 0 Å². The van der Waals surface area contributed by atoms with Gasteiger partial charge in [-0.1, -0.05) is 18.1 Å². The van der Waals surface area contributed by atoms with E-state index >= 15 is 0 Å². The molecule has 5 heteroatoms. The normalized spacial score (nSPS) is 24.9. The molecule has 19 heavy (non-hydrogen) atoms. The zero-order valence-electron chi connectivity index (χ0n) is 11.9. The lowest BCUT2D eigenvalue weighted by Gasteiger charge is -2.43. The van der Waals surface area contributed by atoms with Gasteiger partial charge in [-0.25, -0.2) is 0 Å². The lowest BCUT2D eigenvalue weighted by Crippen LogP contribution is -2.58. The molecule has 1 aromatic rings. The molecule has 0 spiro atoms. The van der Waals surface area contributed by atoms with E-state index in [1.807, 2.05) is 13.2 Å². The molecule has 1 aliphatic heterocycles. The number of likely N-dealkylation sites (tertiary alicyclic amines) is 1. The van der Waals surface area contributed by atoms with Crippen LogP contribution in [0.2, 0.25) is 0 Å². The molecule has 1 aromatic heterocycles. The van der Waals surface area contributed by atoms with Crippen LogP contribution in [0.5, 0.6) is 0 Å². The van der Waals surface area contributed by atoms with Crippen molar-refractivity contribution < 1.29 is 0 Å². The summed E-state index contributed by atoms with van der Waals surface area (Å²) in [6.07, 6.45) is 10.7. The van der Waals surface area contributed by atoms with Crippen LogP contribution in [-0.2, 0) is 13.5 Å². The Morgan fingerprint density at radius 3 is 2.53 bits per heavy atom. The quantitative estimate of drug-likeness (QED) is 0.883. The molecule has 0 radical (unpaired) electrons. The summed E-state index contributed by atoms with van der Waals surface area (Å²) >= 11 is 0. The highest BCUT2D eigenvalue weighted by atomic mass is 15.4. The van der Waals surface area contributed by atoms with Crippen LogP contribution in [0, 0.1) is 0 Å². The van der Waals surface area contributed by atoms with E-state index in [1.54, 1.807) is 4.68 Å². The predicted octanol–water partition coefficient (Wildman–Crippen LogP) is 1.09. The number of aromatic nitrogens is 3. The molecule has 1 atom stereocenters. The van der Waals surface area contributed by atoms with Crippen molar-refractivity contribution in [3.63, 3.8) is 0 Å². The number of aryl methyl sites for hydroxylation is 1. The van der Waals surface area contributed by atoms with E-state index in [9.17, 15) is 0 Å². The first-order valence-electron chi connectivity index (χ1n) is 7.56. The van der Waals surface area contributed by atoms with Gasteiger partial charge in [0.05, 0.1) is 5.69 Å². The van der Waals surface area contributed by atoms with Crippen LogP contribution in [-0.4, -0.2) is 44.6 Å². The molecule has 1 unspecified atom stereocenters. The van der Waals surface area contributed by atoms with E-state index in [0.29, 0.717) is 0 Å². The summed E-state index contributed by atoms with van der Waals surface area (Å²) in [5.74, 6) is 0. The van der Waals surface area contributed by atoms with Gasteiger partial charge >= 0.3 is 0 Å². The van der Waals surface area contributed by atoms with Gasteiger partial charge in [-0.2, -0.15) is 0 Å². The number of nitrogens with zero attached hydrogens (tertiary/aromatic N) is 4. The van der Waals surface area contributed by atoms with Crippen molar-refractivity contribution in [2.75, 3.05) is 13.1 Å². The fourth-order valence-electron chi connectivity index (χ4n) is 3.98. The Morgan fingerprint density at radius 2 is 1.95 bits per heavy atom. The van der Waals surface area contributed by atoms with E-state index in [1.165, 1.54) is 51.6 Å². The Labute approximate surface area is 115 Å². The Hall–Kier alpha value is -0.940. The summed E-state index contributed by atoms with van der Waals surface area (Å²) in [4.78, 5) is 2.67. The van der Waals surface area contributed by atoms with Crippen molar-refractivity contribution in [1.82, 2.24) is 19.9 Å². The van der Waals surface area contributed by atoms with Gasteiger partial charge in [0.1, 0.15) is 0 Å². The molecule has 2 N–H and O–H groups in total. The molecule has 0 amide bonds. The average molecular weight is 263 g/mol. The summed E-state index contributed by atoms with van der Waals surface area (Å²) in [5, 5.41) is 8.21. The smallest absolute Gasteiger partial charge is 0.0843 e. The zero-order valence-corrected chi connectivity index (χ0v) is 11.9. The molecule has 1 saturated carbocycles. The summed E-state index contributed by atoms with van der Waals surface area (Å²) in [6.45, 7) is 2.46. The van der Waals surface area contributed by atoms with Gasteiger partial charge in [0.15, 0.2) is 0 Å². The average Bonchev–Trinajstić information content (AvgIpc) is 3.09. The van der Waals surface area contributed by atoms with Gasteiger partial charge < -0.3 is 5.73 Å². The minimum atomic E-state index is 0.185. The first-order chi connectivity index (χ1) is 9.21. The maximum atomic E-state index is 6.62. The first kappa shape index (κ1) is 13.1. The molecule has 0 bridgehead atoms. The van der Waals surface area contributed by atoms with Gasteiger partial charge in [-0.05, 0) is 38.8 Å². The second-order valence-corrected chi connectivity index (χ2v) is 6.20. The largest absolute Gasteiger partial charge is 0.326 e. The van der Waals surface area contributed by atoms with Crippen molar-refractivity contribution in [2.45, 2.75) is 56.5 Å². The van der Waals surface area contributed by atoms with E-state index < -0.39 is 0 Å². The van der Waals surface area contributed by atoms with Gasteiger partial charge in [0.2, 0.25) is 0 Å². The standard InChI is InChI=1S/C14H25N5/c1-18-11-12(16-17-18)10-13(15)14(6-2-3-7-14)19-8-4-5-9-19/h11,13H,2-10,15H2,1H3. The minimum absolute atomic E-state index is 0.185. The summed E-state index contributed by atoms with van der Waals surface area (Å²) < 4.78 is 1.76. The predicted molar refractivity (Wildman–Crippen MR) is 74.7 cm³/mol. The van der Waals surface area contributed by atoms with Crippen LogP contribution in [0.1, 0.15) is 44.2 Å². The van der Waals surface area contributed by atoms with Crippen LogP contribution in [0.4, 0.5) is 0 Å². The second kappa shape index (κ2) is 5.21. The molecule has 2 fully saturated rings. The molecule has 106 valence electrons. The van der Waals surface area contributed by atoms with Gasteiger partial charge in [0.25, 0.3) is 0 Å². The fourth-order valence-corrected chi connectivity index (χ4v) is 3.98. The number of hydrogen-bond donors (Lipinski definition) is 1. The Bertz CT molecular complexity index is 415. The van der Waals surface area contributed by atoms with Gasteiger partial charge in [-0.3, -0.25) is 9.58 Å². The SMILES string of the molecule is Cn1cc(CC(N)C2(N3CCCC3)CCCC2)nn1. The zero-order chi connectivity index (χ0) is 13.3. The lowest BCUT2D eigenvalue weighted by molar-refractivity contribution is 0.0918. The van der Waals surface area contributed by atoms with Gasteiger partial charge in [0, 0.05) is 31.2 Å². The van der Waals surface area contributed by atoms with Crippen LogP contribution < -0.4 is 5.73 Å². The summed E-state index contributed by atoms with van der Waals surface area (Å²) in [7, 11) is 1.91. The monoisotopic (exact) mass is 263 g/mol. The second-order valence-electron chi connectivity index (χ2n) is 6.20. The van der Waals surface area contributed by atoms with Crippen LogP contribution >= 0.6 is 0 Å². The van der Waals surface area contributed by atoms with Crippen molar-refractivity contribution in [3.8, 4) is 0 Å².